The zero-order valence-electron chi connectivity index (χ0n) is 14.0. The minimum absolute atomic E-state index is 0.449. The summed E-state index contributed by atoms with van der Waals surface area (Å²) < 4.78 is 1.73. The molecule has 0 saturated heterocycles. The molecule has 0 amide bonds. The van der Waals surface area contributed by atoms with E-state index in [2.05, 4.69) is 40.6 Å². The number of anilines is 2. The van der Waals surface area contributed by atoms with Gasteiger partial charge in [-0.1, -0.05) is 35.9 Å². The summed E-state index contributed by atoms with van der Waals surface area (Å²) in [7, 11) is 0. The first-order valence-corrected chi connectivity index (χ1v) is 8.58. The standard InChI is InChI=1S/C18H18ClN5S/c1-12-5-3-8-16(13(12)2)21-18(25)22-17-20-11-24(23-17)10-14-6-4-7-15(19)9-14/h3-9,11H,10H2,1-2H3,(H2,21,22,23,25). The molecule has 0 atom stereocenters. The van der Waals surface area contributed by atoms with Gasteiger partial charge in [-0.25, -0.2) is 9.67 Å². The summed E-state index contributed by atoms with van der Waals surface area (Å²) in [4.78, 5) is 4.24. The third-order valence-electron chi connectivity index (χ3n) is 3.85. The van der Waals surface area contributed by atoms with E-state index in [1.165, 1.54) is 5.56 Å². The highest BCUT2D eigenvalue weighted by Gasteiger charge is 2.07. The number of nitrogens with zero attached hydrogens (tertiary/aromatic N) is 3. The first kappa shape index (κ1) is 17.4. The van der Waals surface area contributed by atoms with Crippen LogP contribution in [0.1, 0.15) is 16.7 Å². The molecule has 7 heteroatoms. The summed E-state index contributed by atoms with van der Waals surface area (Å²) >= 11 is 11.4. The van der Waals surface area contributed by atoms with E-state index in [1.54, 1.807) is 11.0 Å². The van der Waals surface area contributed by atoms with Crippen molar-refractivity contribution in [3.05, 3.63) is 70.5 Å². The fourth-order valence-electron chi connectivity index (χ4n) is 2.39. The van der Waals surface area contributed by atoms with Gasteiger partial charge >= 0.3 is 0 Å². The van der Waals surface area contributed by atoms with E-state index in [9.17, 15) is 0 Å². The molecule has 128 valence electrons. The fourth-order valence-corrected chi connectivity index (χ4v) is 2.81. The predicted octanol–water partition coefficient (Wildman–Crippen LogP) is 4.41. The van der Waals surface area contributed by atoms with Gasteiger partial charge in [0.2, 0.25) is 5.95 Å². The topological polar surface area (TPSA) is 54.8 Å². The van der Waals surface area contributed by atoms with Crippen LogP contribution in [0.4, 0.5) is 11.6 Å². The summed E-state index contributed by atoms with van der Waals surface area (Å²) in [5, 5.41) is 11.7. The van der Waals surface area contributed by atoms with Crippen LogP contribution in [-0.4, -0.2) is 19.9 Å². The molecule has 0 unspecified atom stereocenters. The molecule has 1 heterocycles. The molecule has 0 saturated carbocycles. The molecule has 0 aliphatic carbocycles. The van der Waals surface area contributed by atoms with Crippen LogP contribution in [0.2, 0.25) is 5.02 Å². The maximum Gasteiger partial charge on any atom is 0.248 e. The first-order chi connectivity index (χ1) is 12.0. The third kappa shape index (κ3) is 4.55. The Kier molecular flexibility index (Phi) is 5.31. The van der Waals surface area contributed by atoms with Crippen LogP contribution in [-0.2, 0) is 6.54 Å². The van der Waals surface area contributed by atoms with E-state index < -0.39 is 0 Å². The number of nitrogens with one attached hydrogen (secondary N) is 2. The van der Waals surface area contributed by atoms with Crippen LogP contribution < -0.4 is 10.6 Å². The summed E-state index contributed by atoms with van der Waals surface area (Å²) in [5.41, 5.74) is 4.39. The Hall–Kier alpha value is -2.44. The van der Waals surface area contributed by atoms with Gasteiger partial charge < -0.3 is 5.32 Å². The average molecular weight is 372 g/mol. The Morgan fingerprint density at radius 1 is 1.16 bits per heavy atom. The van der Waals surface area contributed by atoms with Crippen molar-refractivity contribution in [1.29, 1.82) is 0 Å². The quantitative estimate of drug-likeness (QED) is 0.665. The van der Waals surface area contributed by atoms with Gasteiger partial charge in [0.1, 0.15) is 6.33 Å². The second-order valence-electron chi connectivity index (χ2n) is 5.72. The number of halogens is 1. The lowest BCUT2D eigenvalue weighted by Crippen LogP contribution is -2.20. The summed E-state index contributed by atoms with van der Waals surface area (Å²) in [6.07, 6.45) is 1.66. The van der Waals surface area contributed by atoms with Crippen molar-refractivity contribution in [2.75, 3.05) is 10.6 Å². The van der Waals surface area contributed by atoms with E-state index in [-0.39, 0.29) is 0 Å². The van der Waals surface area contributed by atoms with E-state index in [4.69, 9.17) is 23.8 Å². The van der Waals surface area contributed by atoms with Crippen LogP contribution in [0.5, 0.6) is 0 Å². The smallest absolute Gasteiger partial charge is 0.248 e. The number of benzene rings is 2. The van der Waals surface area contributed by atoms with Gasteiger partial charge in [0.05, 0.1) is 6.54 Å². The monoisotopic (exact) mass is 371 g/mol. The zero-order valence-corrected chi connectivity index (χ0v) is 15.5. The van der Waals surface area contributed by atoms with Crippen molar-refractivity contribution in [2.45, 2.75) is 20.4 Å². The predicted molar refractivity (Wildman–Crippen MR) is 106 cm³/mol. The second kappa shape index (κ2) is 7.63. The fraction of sp³-hybridized carbons (Fsp3) is 0.167. The maximum absolute atomic E-state index is 6.00. The van der Waals surface area contributed by atoms with Crippen LogP contribution >= 0.6 is 23.8 Å². The van der Waals surface area contributed by atoms with Gasteiger partial charge in [0, 0.05) is 10.7 Å². The van der Waals surface area contributed by atoms with Gasteiger partial charge in [-0.2, -0.15) is 0 Å². The van der Waals surface area contributed by atoms with E-state index in [0.717, 1.165) is 16.8 Å². The molecular weight excluding hydrogens is 354 g/mol. The third-order valence-corrected chi connectivity index (χ3v) is 4.29. The maximum atomic E-state index is 6.00. The second-order valence-corrected chi connectivity index (χ2v) is 6.57. The highest BCUT2D eigenvalue weighted by atomic mass is 35.5. The summed E-state index contributed by atoms with van der Waals surface area (Å²) in [5.74, 6) is 0.449. The normalized spacial score (nSPS) is 10.5. The molecule has 0 aliphatic heterocycles. The average Bonchev–Trinajstić information content (AvgIpc) is 2.98. The Labute approximate surface area is 157 Å². The van der Waals surface area contributed by atoms with Crippen molar-refractivity contribution in [3.8, 4) is 0 Å². The molecule has 0 aliphatic rings. The van der Waals surface area contributed by atoms with Crippen LogP contribution in [0.3, 0.4) is 0 Å². The van der Waals surface area contributed by atoms with Crippen molar-refractivity contribution in [3.63, 3.8) is 0 Å². The molecular formula is C18H18ClN5S. The van der Waals surface area contributed by atoms with Crippen molar-refractivity contribution in [2.24, 2.45) is 0 Å². The van der Waals surface area contributed by atoms with Crippen molar-refractivity contribution >= 4 is 40.6 Å². The number of hydrogen-bond acceptors (Lipinski definition) is 3. The van der Waals surface area contributed by atoms with Gasteiger partial charge in [0.25, 0.3) is 0 Å². The van der Waals surface area contributed by atoms with Gasteiger partial charge in [-0.05, 0) is 61.0 Å². The van der Waals surface area contributed by atoms with E-state index in [0.29, 0.717) is 22.6 Å². The molecule has 25 heavy (non-hydrogen) atoms. The van der Waals surface area contributed by atoms with E-state index in [1.807, 2.05) is 36.4 Å². The van der Waals surface area contributed by atoms with Crippen LogP contribution in [0.25, 0.3) is 0 Å². The van der Waals surface area contributed by atoms with Crippen molar-refractivity contribution in [1.82, 2.24) is 14.8 Å². The lowest BCUT2D eigenvalue weighted by molar-refractivity contribution is 0.687. The molecule has 0 bridgehead atoms. The van der Waals surface area contributed by atoms with Crippen molar-refractivity contribution < 1.29 is 0 Å². The van der Waals surface area contributed by atoms with Gasteiger partial charge in [0.15, 0.2) is 5.11 Å². The molecule has 0 spiro atoms. The van der Waals surface area contributed by atoms with Crippen LogP contribution in [0, 0.1) is 13.8 Å². The number of aromatic nitrogens is 3. The lowest BCUT2D eigenvalue weighted by Gasteiger charge is -2.12. The molecule has 2 aromatic carbocycles. The molecule has 0 radical (unpaired) electrons. The molecule has 2 N–H and O–H groups in total. The summed E-state index contributed by atoms with van der Waals surface area (Å²) in [6.45, 7) is 4.71. The highest BCUT2D eigenvalue weighted by Crippen LogP contribution is 2.18. The highest BCUT2D eigenvalue weighted by molar-refractivity contribution is 7.80. The number of aryl methyl sites for hydroxylation is 1. The Morgan fingerprint density at radius 3 is 2.76 bits per heavy atom. The first-order valence-electron chi connectivity index (χ1n) is 7.79. The molecule has 5 nitrogen and oxygen atoms in total. The van der Waals surface area contributed by atoms with Gasteiger partial charge in [-0.15, -0.1) is 5.10 Å². The molecule has 3 rings (SSSR count). The Balaban J connectivity index is 1.63. The van der Waals surface area contributed by atoms with Crippen LogP contribution in [0.15, 0.2) is 48.8 Å². The number of thiocarbonyl (C=S) groups is 1. The largest absolute Gasteiger partial charge is 0.332 e. The SMILES string of the molecule is Cc1cccc(NC(=S)Nc2ncn(Cc3cccc(Cl)c3)n2)c1C. The molecule has 3 aromatic rings. The Morgan fingerprint density at radius 2 is 1.96 bits per heavy atom. The number of hydrogen-bond donors (Lipinski definition) is 2. The number of rotatable bonds is 4. The lowest BCUT2D eigenvalue weighted by atomic mass is 10.1. The Bertz CT molecular complexity index is 906. The minimum atomic E-state index is 0.449. The molecule has 1 aromatic heterocycles. The summed E-state index contributed by atoms with van der Waals surface area (Å²) in [6, 6.07) is 13.7. The zero-order chi connectivity index (χ0) is 17.8. The van der Waals surface area contributed by atoms with E-state index >= 15 is 0 Å². The minimum Gasteiger partial charge on any atom is -0.332 e. The molecule has 0 fully saturated rings. The van der Waals surface area contributed by atoms with Gasteiger partial charge in [-0.3, -0.25) is 5.32 Å².